The number of amidine groups is 1. The van der Waals surface area contributed by atoms with Crippen molar-refractivity contribution in [2.45, 2.75) is 94.5 Å². The first-order valence-corrected chi connectivity index (χ1v) is 25.1. The minimum atomic E-state index is -3.53. The maximum atomic E-state index is 13.9. The van der Waals surface area contributed by atoms with Crippen LogP contribution in [-0.4, -0.2) is 136 Å². The maximum Gasteiger partial charge on any atom is 0.260 e. The molecule has 3 aromatic rings. The van der Waals surface area contributed by atoms with Gasteiger partial charge in [-0.2, -0.15) is 0 Å². The van der Waals surface area contributed by atoms with Crippen LogP contribution in [0.15, 0.2) is 60.7 Å². The Morgan fingerprint density at radius 1 is 0.746 bits per heavy atom. The lowest BCUT2D eigenvalue weighted by Crippen LogP contribution is -2.47. The Labute approximate surface area is 372 Å². The molecule has 0 radical (unpaired) electrons. The van der Waals surface area contributed by atoms with Gasteiger partial charge in [0.25, 0.3) is 5.91 Å². The highest BCUT2D eigenvalue weighted by Crippen LogP contribution is 2.39. The fourth-order valence-corrected chi connectivity index (χ4v) is 11.7. The molecule has 5 heterocycles. The van der Waals surface area contributed by atoms with E-state index in [1.165, 1.54) is 36.1 Å². The Morgan fingerprint density at radius 3 is 2.00 bits per heavy atom. The molecular weight excluding hydrogens is 817 g/mol. The highest BCUT2D eigenvalue weighted by Gasteiger charge is 2.40. The summed E-state index contributed by atoms with van der Waals surface area (Å²) >= 11 is 0. The number of piperidine rings is 4. The standard InChI is InChI=1S/C49H64N6O7S/c1-4-62-45-31-38(11-14-44(45)61-2)43(32-63(3,59)60)55-47(50)42-30-37(10-12-41(42)49(55)58)35-16-24-52(25-17-35)22-5-23-53-26-20-39(21-27-53)54-28-18-34(19-29-54)33-6-8-36(9-7-33)40-13-15-46(56)51-48(40)57/h6-12,14,30-31,34-35,39-40,43,50H,4-5,13,15-29,32H2,1-3H3,(H,51,56,57)/t40?,43-/m1/s1. The molecular formula is C49H64N6O7S. The van der Waals surface area contributed by atoms with Gasteiger partial charge in [0, 0.05) is 24.3 Å². The van der Waals surface area contributed by atoms with Crippen LogP contribution in [0.3, 0.4) is 0 Å². The molecule has 0 aliphatic carbocycles. The predicted octanol–water partition coefficient (Wildman–Crippen LogP) is 6.09. The Bertz CT molecular complexity index is 2260. The Balaban J connectivity index is 0.769. The zero-order valence-corrected chi connectivity index (χ0v) is 38.0. The van der Waals surface area contributed by atoms with E-state index in [4.69, 9.17) is 9.47 Å². The number of hydrogen-bond acceptors (Lipinski definition) is 11. The van der Waals surface area contributed by atoms with Gasteiger partial charge in [-0.25, -0.2) is 8.42 Å². The van der Waals surface area contributed by atoms with Gasteiger partial charge in [0.15, 0.2) is 11.5 Å². The minimum Gasteiger partial charge on any atom is -0.493 e. The lowest BCUT2D eigenvalue weighted by molar-refractivity contribution is -0.134. The van der Waals surface area contributed by atoms with Gasteiger partial charge in [-0.1, -0.05) is 36.4 Å². The number of nitrogens with one attached hydrogen (secondary N) is 2. The van der Waals surface area contributed by atoms with Gasteiger partial charge in [0.1, 0.15) is 15.7 Å². The topological polar surface area (TPSA) is 153 Å². The molecule has 2 atom stereocenters. The first-order chi connectivity index (χ1) is 30.4. The van der Waals surface area contributed by atoms with Crippen LogP contribution in [0.4, 0.5) is 0 Å². The number of imide groups is 1. The third-order valence-electron chi connectivity index (χ3n) is 14.3. The lowest BCUT2D eigenvalue weighted by Gasteiger charge is -2.42. The Morgan fingerprint density at radius 2 is 1.37 bits per heavy atom. The number of hydrogen-bond donors (Lipinski definition) is 2. The first-order valence-electron chi connectivity index (χ1n) is 23.1. The number of sulfone groups is 1. The smallest absolute Gasteiger partial charge is 0.260 e. The quantitative estimate of drug-likeness (QED) is 0.172. The molecule has 3 amide bonds. The van der Waals surface area contributed by atoms with Gasteiger partial charge >= 0.3 is 0 Å². The van der Waals surface area contributed by atoms with E-state index in [1.807, 2.05) is 25.1 Å². The van der Waals surface area contributed by atoms with Crippen molar-refractivity contribution >= 4 is 33.4 Å². The van der Waals surface area contributed by atoms with Gasteiger partial charge in [-0.3, -0.25) is 30.0 Å². The summed E-state index contributed by atoms with van der Waals surface area (Å²) in [6, 6.07) is 19.4. The summed E-state index contributed by atoms with van der Waals surface area (Å²) in [5, 5.41) is 11.7. The van der Waals surface area contributed by atoms with Gasteiger partial charge in [-0.05, 0) is 169 Å². The van der Waals surface area contributed by atoms with Crippen molar-refractivity contribution < 1.29 is 32.3 Å². The van der Waals surface area contributed by atoms with E-state index in [1.54, 1.807) is 25.3 Å². The zero-order valence-electron chi connectivity index (χ0n) is 37.2. The summed E-state index contributed by atoms with van der Waals surface area (Å²) in [4.78, 5) is 47.1. The number of ether oxygens (including phenoxy) is 2. The van der Waals surface area contributed by atoms with Crippen molar-refractivity contribution in [1.82, 2.24) is 24.9 Å². The second-order valence-corrected chi connectivity index (χ2v) is 20.5. The second-order valence-electron chi connectivity index (χ2n) is 18.3. The summed E-state index contributed by atoms with van der Waals surface area (Å²) in [5.41, 5.74) is 5.05. The summed E-state index contributed by atoms with van der Waals surface area (Å²) < 4.78 is 36.6. The van der Waals surface area contributed by atoms with Crippen molar-refractivity contribution in [2.24, 2.45) is 0 Å². The molecule has 3 aromatic carbocycles. The van der Waals surface area contributed by atoms with E-state index in [0.29, 0.717) is 65.5 Å². The maximum absolute atomic E-state index is 13.9. The number of amides is 3. The molecule has 63 heavy (non-hydrogen) atoms. The average molecular weight is 881 g/mol. The fourth-order valence-electron chi connectivity index (χ4n) is 10.8. The summed E-state index contributed by atoms with van der Waals surface area (Å²) in [5.74, 6) is 0.618. The highest BCUT2D eigenvalue weighted by molar-refractivity contribution is 7.90. The van der Waals surface area contributed by atoms with E-state index in [0.717, 1.165) is 89.0 Å². The van der Waals surface area contributed by atoms with Crippen molar-refractivity contribution in [1.29, 1.82) is 5.41 Å². The summed E-state index contributed by atoms with van der Waals surface area (Å²) in [6.07, 6.45) is 10.1. The molecule has 13 nitrogen and oxygen atoms in total. The van der Waals surface area contributed by atoms with Gasteiger partial charge in [0.2, 0.25) is 11.8 Å². The second kappa shape index (κ2) is 19.6. The van der Waals surface area contributed by atoms with E-state index in [2.05, 4.69) is 44.3 Å². The third kappa shape index (κ3) is 10.3. The van der Waals surface area contributed by atoms with Crippen LogP contribution in [-0.2, 0) is 19.4 Å². The number of fused-ring (bicyclic) bond motifs is 1. The van der Waals surface area contributed by atoms with Crippen LogP contribution in [0, 0.1) is 5.41 Å². The molecule has 4 fully saturated rings. The van der Waals surface area contributed by atoms with Crippen molar-refractivity contribution in [3.05, 3.63) is 94.0 Å². The summed E-state index contributed by atoms with van der Waals surface area (Å²) in [7, 11) is -1.99. The van der Waals surface area contributed by atoms with Crippen LogP contribution < -0.4 is 14.8 Å². The van der Waals surface area contributed by atoms with Crippen LogP contribution in [0.5, 0.6) is 11.5 Å². The number of benzene rings is 3. The van der Waals surface area contributed by atoms with Crippen molar-refractivity contribution in [3.8, 4) is 11.5 Å². The molecule has 0 spiro atoms. The molecule has 0 aromatic heterocycles. The third-order valence-corrected chi connectivity index (χ3v) is 15.2. The number of carbonyl (C=O) groups is 3. The minimum absolute atomic E-state index is 0.0260. The van der Waals surface area contributed by atoms with Crippen LogP contribution >= 0.6 is 0 Å². The fraction of sp³-hybridized carbons (Fsp3) is 0.551. The number of likely N-dealkylation sites (tertiary alicyclic amines) is 3. The van der Waals surface area contributed by atoms with Gasteiger partial charge in [0.05, 0.1) is 37.0 Å². The van der Waals surface area contributed by atoms with Crippen LogP contribution in [0.1, 0.15) is 127 Å². The highest BCUT2D eigenvalue weighted by atomic mass is 32.2. The largest absolute Gasteiger partial charge is 0.493 e. The number of carbonyl (C=O) groups excluding carboxylic acids is 3. The summed E-state index contributed by atoms with van der Waals surface area (Å²) in [6.45, 7) is 11.1. The molecule has 338 valence electrons. The molecule has 5 aliphatic rings. The van der Waals surface area contributed by atoms with E-state index in [-0.39, 0.29) is 35.2 Å². The van der Waals surface area contributed by atoms with E-state index < -0.39 is 15.9 Å². The molecule has 4 saturated heterocycles. The van der Waals surface area contributed by atoms with E-state index >= 15 is 0 Å². The van der Waals surface area contributed by atoms with Gasteiger partial charge in [-0.15, -0.1) is 0 Å². The molecule has 0 saturated carbocycles. The molecule has 8 rings (SSSR count). The zero-order chi connectivity index (χ0) is 44.3. The SMILES string of the molecule is CCOc1cc([C@@H](CS(C)(=O)=O)N2C(=N)c3cc(C4CCN(CCCN5CCC(N6CCC(c7ccc(C8CCC(=O)NC8=O)cc7)CC6)CC5)CC4)ccc3C2=O)ccc1OC. The lowest BCUT2D eigenvalue weighted by atomic mass is 9.85. The Hall–Kier alpha value is -4.63. The normalized spacial score (nSPS) is 22.0. The molecule has 14 heteroatoms. The molecule has 5 aliphatic heterocycles. The van der Waals surface area contributed by atoms with Crippen LogP contribution in [0.25, 0.3) is 0 Å². The monoisotopic (exact) mass is 880 g/mol. The first kappa shape index (κ1) is 45.0. The predicted molar refractivity (Wildman–Crippen MR) is 244 cm³/mol. The van der Waals surface area contributed by atoms with Gasteiger partial charge < -0.3 is 24.2 Å². The average Bonchev–Trinajstić information content (AvgIpc) is 3.53. The Kier molecular flexibility index (Phi) is 14.0. The van der Waals surface area contributed by atoms with E-state index in [9.17, 15) is 28.2 Å². The van der Waals surface area contributed by atoms with Crippen molar-refractivity contribution in [3.63, 3.8) is 0 Å². The molecule has 0 bridgehead atoms. The van der Waals surface area contributed by atoms with Crippen LogP contribution in [0.2, 0.25) is 0 Å². The molecule has 2 N–H and O–H groups in total. The number of methoxy groups -OCH3 is 1. The number of rotatable bonds is 15. The number of nitrogens with zero attached hydrogens (tertiary/aromatic N) is 4. The van der Waals surface area contributed by atoms with Crippen molar-refractivity contribution in [2.75, 3.05) is 78.1 Å². The molecule has 1 unspecified atom stereocenters.